The van der Waals surface area contributed by atoms with E-state index < -0.39 is 0 Å². The molecule has 0 N–H and O–H groups in total. The van der Waals surface area contributed by atoms with Crippen LogP contribution in [0.2, 0.25) is 0 Å². The van der Waals surface area contributed by atoms with Crippen LogP contribution >= 0.6 is 0 Å². The lowest BCUT2D eigenvalue weighted by Crippen LogP contribution is -2.43. The van der Waals surface area contributed by atoms with Gasteiger partial charge in [0.2, 0.25) is 11.8 Å². The van der Waals surface area contributed by atoms with Crippen LogP contribution in [0.1, 0.15) is 47.9 Å². The molecule has 7 nitrogen and oxygen atoms in total. The molecule has 1 saturated heterocycles. The Morgan fingerprint density at radius 2 is 1.86 bits per heavy atom. The molecule has 0 saturated carbocycles. The summed E-state index contributed by atoms with van der Waals surface area (Å²) in [4.78, 5) is 6.65. The number of nitrogens with zero attached hydrogens (tertiary/aromatic N) is 6. The molecule has 0 unspecified atom stereocenters. The molecule has 3 aromatic rings. The Kier molecular flexibility index (Phi) is 4.18. The van der Waals surface area contributed by atoms with E-state index in [1.54, 1.807) is 11.1 Å². The van der Waals surface area contributed by atoms with E-state index in [0.29, 0.717) is 23.6 Å². The van der Waals surface area contributed by atoms with E-state index in [2.05, 4.69) is 54.1 Å². The minimum absolute atomic E-state index is 0.452. The van der Waals surface area contributed by atoms with Crippen LogP contribution in [0, 0.1) is 12.3 Å². The number of benzene rings is 1. The van der Waals surface area contributed by atoms with Crippen molar-refractivity contribution >= 4 is 5.95 Å². The fourth-order valence-corrected chi connectivity index (χ4v) is 4.80. The smallest absolute Gasteiger partial charge is 0.234 e. The van der Waals surface area contributed by atoms with Gasteiger partial charge in [-0.1, -0.05) is 29.4 Å². The van der Waals surface area contributed by atoms with Crippen molar-refractivity contribution in [2.24, 2.45) is 12.5 Å². The van der Waals surface area contributed by atoms with Gasteiger partial charge in [0.05, 0.1) is 6.42 Å². The molecular weight excluding hydrogens is 352 g/mol. The maximum Gasteiger partial charge on any atom is 0.234 e. The molecule has 1 aliphatic carbocycles. The van der Waals surface area contributed by atoms with Crippen molar-refractivity contribution < 1.29 is 4.52 Å². The van der Waals surface area contributed by atoms with Crippen molar-refractivity contribution in [3.63, 3.8) is 0 Å². The second-order valence-corrected chi connectivity index (χ2v) is 8.32. The predicted octanol–water partition coefficient (Wildman–Crippen LogP) is 2.87. The van der Waals surface area contributed by atoms with Crippen molar-refractivity contribution in [3.8, 4) is 0 Å². The van der Waals surface area contributed by atoms with Crippen LogP contribution < -0.4 is 4.90 Å². The van der Waals surface area contributed by atoms with Gasteiger partial charge >= 0.3 is 0 Å². The van der Waals surface area contributed by atoms with E-state index in [0.717, 1.165) is 24.9 Å². The first kappa shape index (κ1) is 17.4. The molecule has 146 valence electrons. The molecule has 0 amide bonds. The normalized spacial score (nSPS) is 18.4. The molecule has 1 aliphatic heterocycles. The summed E-state index contributed by atoms with van der Waals surface area (Å²) in [6.07, 6.45) is 6.68. The molecule has 1 spiro atoms. The molecule has 2 aromatic heterocycles. The van der Waals surface area contributed by atoms with Crippen molar-refractivity contribution in [1.82, 2.24) is 24.9 Å². The Balaban J connectivity index is 1.27. The van der Waals surface area contributed by atoms with Gasteiger partial charge in [0, 0.05) is 20.1 Å². The zero-order valence-corrected chi connectivity index (χ0v) is 16.6. The number of fused-ring (bicyclic) bond motifs is 1. The van der Waals surface area contributed by atoms with Gasteiger partial charge in [0.25, 0.3) is 0 Å². The van der Waals surface area contributed by atoms with Crippen molar-refractivity contribution in [1.29, 1.82) is 0 Å². The first-order valence-corrected chi connectivity index (χ1v) is 10.1. The standard InChI is InChI=1S/C21H26N6O/c1-15-22-19(28-25-15)13-18-23-24-20(26(18)2)27-11-9-21(10-12-27)8-7-16-5-3-4-6-17(16)14-21/h3-6H,7-14H2,1-2H3. The number of aromatic nitrogens is 5. The van der Waals surface area contributed by atoms with Gasteiger partial charge in [0.1, 0.15) is 5.82 Å². The first-order chi connectivity index (χ1) is 13.6. The third-order valence-electron chi connectivity index (χ3n) is 6.54. The lowest BCUT2D eigenvalue weighted by atomic mass is 9.66. The molecule has 2 aliphatic rings. The Morgan fingerprint density at radius 1 is 1.07 bits per heavy atom. The summed E-state index contributed by atoms with van der Waals surface area (Å²) >= 11 is 0. The quantitative estimate of drug-likeness (QED) is 0.698. The summed E-state index contributed by atoms with van der Waals surface area (Å²) in [6.45, 7) is 3.89. The fraction of sp³-hybridized carbons (Fsp3) is 0.524. The number of aryl methyl sites for hydroxylation is 2. The highest BCUT2D eigenvalue weighted by molar-refractivity contribution is 5.35. The summed E-state index contributed by atoms with van der Waals surface area (Å²) in [5.74, 6) is 3.02. The minimum atomic E-state index is 0.452. The summed E-state index contributed by atoms with van der Waals surface area (Å²) in [5, 5.41) is 12.7. The monoisotopic (exact) mass is 378 g/mol. The number of rotatable bonds is 3. The van der Waals surface area contributed by atoms with E-state index in [1.165, 1.54) is 32.1 Å². The van der Waals surface area contributed by atoms with Gasteiger partial charge < -0.3 is 9.42 Å². The molecule has 0 bridgehead atoms. The molecule has 28 heavy (non-hydrogen) atoms. The number of anilines is 1. The molecule has 1 aromatic carbocycles. The number of piperidine rings is 1. The van der Waals surface area contributed by atoms with Crippen molar-refractivity contribution in [3.05, 3.63) is 52.9 Å². The number of hydrogen-bond donors (Lipinski definition) is 0. The molecule has 0 atom stereocenters. The van der Waals surface area contributed by atoms with Crippen molar-refractivity contribution in [2.45, 2.75) is 45.4 Å². The molecule has 7 heteroatoms. The first-order valence-electron chi connectivity index (χ1n) is 10.1. The third kappa shape index (κ3) is 3.08. The Bertz CT molecular complexity index is 982. The van der Waals surface area contributed by atoms with Crippen LogP contribution in [0.5, 0.6) is 0 Å². The lowest BCUT2D eigenvalue weighted by molar-refractivity contribution is 0.186. The number of hydrogen-bond acceptors (Lipinski definition) is 6. The summed E-state index contributed by atoms with van der Waals surface area (Å²) in [5.41, 5.74) is 3.55. The highest BCUT2D eigenvalue weighted by atomic mass is 16.5. The second-order valence-electron chi connectivity index (χ2n) is 8.32. The Hall–Kier alpha value is -2.70. The van der Waals surface area contributed by atoms with Crippen LogP contribution in [0.25, 0.3) is 0 Å². The van der Waals surface area contributed by atoms with Crippen molar-refractivity contribution in [2.75, 3.05) is 18.0 Å². The average molecular weight is 378 g/mol. The van der Waals surface area contributed by atoms with E-state index in [9.17, 15) is 0 Å². The molecule has 5 rings (SSSR count). The maximum atomic E-state index is 5.23. The molecule has 3 heterocycles. The Morgan fingerprint density at radius 3 is 2.61 bits per heavy atom. The SMILES string of the molecule is Cc1noc(Cc2nnc(N3CCC4(CCc5ccccc5C4)CC3)n2C)n1. The fourth-order valence-electron chi connectivity index (χ4n) is 4.80. The summed E-state index contributed by atoms with van der Waals surface area (Å²) < 4.78 is 7.29. The third-order valence-corrected chi connectivity index (χ3v) is 6.54. The van der Waals surface area contributed by atoms with Crippen LogP contribution in [0.15, 0.2) is 28.8 Å². The van der Waals surface area contributed by atoms with Crippen LogP contribution in [0.4, 0.5) is 5.95 Å². The second kappa shape index (κ2) is 6.72. The van der Waals surface area contributed by atoms with Gasteiger partial charge in [-0.3, -0.25) is 4.57 Å². The highest BCUT2D eigenvalue weighted by Crippen LogP contribution is 2.43. The summed E-state index contributed by atoms with van der Waals surface area (Å²) in [7, 11) is 2.02. The zero-order chi connectivity index (χ0) is 19.1. The van der Waals surface area contributed by atoms with Gasteiger partial charge in [-0.05, 0) is 55.6 Å². The zero-order valence-electron chi connectivity index (χ0n) is 16.6. The summed E-state index contributed by atoms with van der Waals surface area (Å²) in [6, 6.07) is 8.96. The van der Waals surface area contributed by atoms with Gasteiger partial charge in [-0.25, -0.2) is 0 Å². The maximum absolute atomic E-state index is 5.23. The van der Waals surface area contributed by atoms with E-state index in [1.807, 2.05) is 14.0 Å². The topological polar surface area (TPSA) is 72.9 Å². The van der Waals surface area contributed by atoms with E-state index in [4.69, 9.17) is 4.52 Å². The minimum Gasteiger partial charge on any atom is -0.341 e. The Labute approximate surface area is 164 Å². The molecule has 0 radical (unpaired) electrons. The van der Waals surface area contributed by atoms with E-state index >= 15 is 0 Å². The average Bonchev–Trinajstić information content (AvgIpc) is 3.28. The van der Waals surface area contributed by atoms with E-state index in [-0.39, 0.29) is 0 Å². The van der Waals surface area contributed by atoms with Crippen LogP contribution in [-0.2, 0) is 26.3 Å². The molecular formula is C21H26N6O. The van der Waals surface area contributed by atoms with Crippen LogP contribution in [0.3, 0.4) is 0 Å². The van der Waals surface area contributed by atoms with Gasteiger partial charge in [-0.2, -0.15) is 4.98 Å². The van der Waals surface area contributed by atoms with Gasteiger partial charge in [0.15, 0.2) is 5.82 Å². The largest absolute Gasteiger partial charge is 0.341 e. The lowest BCUT2D eigenvalue weighted by Gasteiger charge is -2.45. The highest BCUT2D eigenvalue weighted by Gasteiger charge is 2.38. The molecule has 1 fully saturated rings. The predicted molar refractivity (Wildman–Crippen MR) is 105 cm³/mol. The van der Waals surface area contributed by atoms with Crippen LogP contribution in [-0.4, -0.2) is 38.0 Å². The van der Waals surface area contributed by atoms with Gasteiger partial charge in [-0.15, -0.1) is 10.2 Å².